The Labute approximate surface area is 174 Å². The Balaban J connectivity index is 1.73. The number of H-pyrrole nitrogens is 2. The molecule has 0 bridgehead atoms. The van der Waals surface area contributed by atoms with Crippen molar-refractivity contribution < 1.29 is 61.4 Å². The summed E-state index contributed by atoms with van der Waals surface area (Å²) in [5.41, 5.74) is -2.24. The smallest absolute Gasteiger partial charge is 0.327 e. The SMILES string of the molecule is O=c1[nH]c(=O)c2ncn([C@@H]3O[C@H](COP(=O)([O-])OP(=O)([O-])OP(=O)([O-])O)[C@@H](O)[C@H]3O)c2[nH]1. The highest BCUT2D eigenvalue weighted by molar-refractivity contribution is 7.65. The average Bonchev–Trinajstić information content (AvgIpc) is 3.12. The molecule has 1 aliphatic rings. The number of phosphoric ester groups is 1. The van der Waals surface area contributed by atoms with Gasteiger partial charge in [0, 0.05) is 0 Å². The molecule has 3 heterocycles. The number of aromatic amines is 2. The van der Waals surface area contributed by atoms with E-state index in [0.29, 0.717) is 0 Å². The fraction of sp³-hybridized carbons (Fsp3) is 0.500. The van der Waals surface area contributed by atoms with Crippen molar-refractivity contribution in [2.24, 2.45) is 0 Å². The van der Waals surface area contributed by atoms with Crippen molar-refractivity contribution in [2.45, 2.75) is 24.5 Å². The van der Waals surface area contributed by atoms with Gasteiger partial charge in [-0.3, -0.25) is 33.0 Å². The standard InChI is InChI=1S/C10H15N4O15P3/c15-5-3(1-26-31(22,23)29-32(24,25)28-30(19,20)21)27-9(6(5)16)14-2-11-4-7(14)12-10(18)13-8(4)17/h2-3,5-6,9,15-16H,1H2,(H,22,23)(H,24,25)(H2,19,20,21)(H2,12,13,17,18)/p-3/t3-,5-,6-,9-/m1/s1. The Hall–Kier alpha value is -1.56. The number of fused-ring (bicyclic) bond motifs is 1. The molecule has 2 aromatic heterocycles. The van der Waals surface area contributed by atoms with Crippen LogP contribution in [0.15, 0.2) is 15.9 Å². The van der Waals surface area contributed by atoms with Crippen LogP contribution in [-0.2, 0) is 31.6 Å². The Kier molecular flexibility index (Phi) is 6.78. The lowest BCUT2D eigenvalue weighted by molar-refractivity contribution is -0.250. The van der Waals surface area contributed by atoms with E-state index in [1.165, 1.54) is 0 Å². The zero-order chi connectivity index (χ0) is 24.1. The number of aliphatic hydroxyl groups excluding tert-OH is 2. The predicted octanol–water partition coefficient (Wildman–Crippen LogP) is -4.52. The molecule has 19 nitrogen and oxygen atoms in total. The molecule has 5 N–H and O–H groups in total. The van der Waals surface area contributed by atoms with Gasteiger partial charge in [-0.25, -0.2) is 18.4 Å². The lowest BCUT2D eigenvalue weighted by atomic mass is 10.1. The Morgan fingerprint density at radius 3 is 2.38 bits per heavy atom. The molecule has 180 valence electrons. The van der Waals surface area contributed by atoms with Gasteiger partial charge in [-0.1, -0.05) is 0 Å². The largest absolute Gasteiger partial charge is 0.756 e. The van der Waals surface area contributed by atoms with E-state index in [9.17, 15) is 48.2 Å². The van der Waals surface area contributed by atoms with E-state index in [1.54, 1.807) is 0 Å². The van der Waals surface area contributed by atoms with Crippen LogP contribution in [0.5, 0.6) is 0 Å². The number of hydrogen-bond donors (Lipinski definition) is 5. The van der Waals surface area contributed by atoms with Gasteiger partial charge in [-0.2, -0.15) is 0 Å². The topological polar surface area (TPSA) is 302 Å². The minimum absolute atomic E-state index is 0.204. The van der Waals surface area contributed by atoms with Gasteiger partial charge in [0.05, 0.1) is 12.9 Å². The zero-order valence-corrected chi connectivity index (χ0v) is 17.8. The van der Waals surface area contributed by atoms with Crippen LogP contribution in [0.25, 0.3) is 11.2 Å². The molecule has 0 aromatic carbocycles. The Morgan fingerprint density at radius 1 is 1.09 bits per heavy atom. The molecule has 1 fully saturated rings. The number of ether oxygens (including phenoxy) is 1. The molecule has 2 aromatic rings. The summed E-state index contributed by atoms with van der Waals surface area (Å²) in [5, 5.41) is 20.3. The molecule has 32 heavy (non-hydrogen) atoms. The van der Waals surface area contributed by atoms with Crippen LogP contribution in [0.3, 0.4) is 0 Å². The molecule has 0 saturated carbocycles. The molecule has 3 unspecified atom stereocenters. The molecule has 1 aliphatic heterocycles. The highest BCUT2D eigenvalue weighted by atomic mass is 31.3. The number of phosphoric acid groups is 3. The summed E-state index contributed by atoms with van der Waals surface area (Å²) in [5.74, 6) is 0. The van der Waals surface area contributed by atoms with Gasteiger partial charge in [-0.15, -0.1) is 0 Å². The minimum atomic E-state index is -6.12. The predicted molar refractivity (Wildman–Crippen MR) is 90.1 cm³/mol. The van der Waals surface area contributed by atoms with Crippen LogP contribution in [0, 0.1) is 0 Å². The third-order valence-electron chi connectivity index (χ3n) is 3.88. The molecular formula is C10H12N4O15P3-3. The summed E-state index contributed by atoms with van der Waals surface area (Å²) in [6, 6.07) is 0. The number of hydrogen-bond acceptors (Lipinski definition) is 15. The second kappa shape index (κ2) is 8.66. The minimum Gasteiger partial charge on any atom is -0.756 e. The van der Waals surface area contributed by atoms with Crippen LogP contribution in [0.1, 0.15) is 6.23 Å². The van der Waals surface area contributed by atoms with Gasteiger partial charge >= 0.3 is 5.69 Å². The van der Waals surface area contributed by atoms with Crippen molar-refractivity contribution in [3.05, 3.63) is 27.2 Å². The van der Waals surface area contributed by atoms with Crippen LogP contribution < -0.4 is 25.9 Å². The summed E-state index contributed by atoms with van der Waals surface area (Å²) in [6.45, 7) is -1.15. The quantitative estimate of drug-likeness (QED) is 0.204. The monoisotopic (exact) mass is 521 g/mol. The van der Waals surface area contributed by atoms with Gasteiger partial charge in [0.15, 0.2) is 11.7 Å². The third-order valence-corrected chi connectivity index (χ3v) is 7.57. The van der Waals surface area contributed by atoms with E-state index in [4.69, 9.17) is 9.63 Å². The number of imidazole rings is 1. The van der Waals surface area contributed by atoms with Crippen molar-refractivity contribution in [3.63, 3.8) is 0 Å². The summed E-state index contributed by atoms with van der Waals surface area (Å²) >= 11 is 0. The number of aromatic nitrogens is 4. The van der Waals surface area contributed by atoms with E-state index in [2.05, 4.69) is 23.1 Å². The third kappa shape index (κ3) is 5.67. The van der Waals surface area contributed by atoms with Crippen molar-refractivity contribution in [2.75, 3.05) is 6.61 Å². The number of nitrogens with one attached hydrogen (secondary N) is 2. The molecule has 0 spiro atoms. The summed E-state index contributed by atoms with van der Waals surface area (Å²) < 4.78 is 50.1. The summed E-state index contributed by atoms with van der Waals surface area (Å²) in [7, 11) is -17.9. The highest BCUT2D eigenvalue weighted by Gasteiger charge is 2.45. The first kappa shape index (κ1) is 25.1. The average molecular weight is 521 g/mol. The van der Waals surface area contributed by atoms with Crippen LogP contribution in [0.2, 0.25) is 0 Å². The molecular weight excluding hydrogens is 509 g/mol. The van der Waals surface area contributed by atoms with Gasteiger partial charge in [0.1, 0.15) is 24.0 Å². The molecule has 22 heteroatoms. The molecule has 0 radical (unpaired) electrons. The van der Waals surface area contributed by atoms with Gasteiger partial charge in [0.25, 0.3) is 29.0 Å². The van der Waals surface area contributed by atoms with Gasteiger partial charge < -0.3 is 39.0 Å². The molecule has 3 rings (SSSR count). The molecule has 0 amide bonds. The van der Waals surface area contributed by atoms with Crippen molar-refractivity contribution in [1.82, 2.24) is 19.5 Å². The van der Waals surface area contributed by atoms with Crippen LogP contribution in [0.4, 0.5) is 0 Å². The van der Waals surface area contributed by atoms with Crippen LogP contribution in [-0.4, -0.2) is 59.5 Å². The van der Waals surface area contributed by atoms with Crippen LogP contribution >= 0.6 is 23.5 Å². The van der Waals surface area contributed by atoms with Crippen molar-refractivity contribution in [1.29, 1.82) is 0 Å². The number of rotatable bonds is 8. The Bertz CT molecular complexity index is 1260. The van der Waals surface area contributed by atoms with Crippen molar-refractivity contribution >= 4 is 34.6 Å². The Morgan fingerprint density at radius 2 is 1.75 bits per heavy atom. The fourth-order valence-electron chi connectivity index (χ4n) is 2.69. The van der Waals surface area contributed by atoms with E-state index < -0.39 is 65.9 Å². The first-order valence-electron chi connectivity index (χ1n) is 8.02. The molecule has 0 aliphatic carbocycles. The normalized spacial score (nSPS) is 29.4. The zero-order valence-electron chi connectivity index (χ0n) is 15.1. The maximum absolute atomic E-state index is 11.7. The second-order valence-corrected chi connectivity index (χ2v) is 10.4. The molecule has 1 saturated heterocycles. The maximum Gasteiger partial charge on any atom is 0.327 e. The van der Waals surface area contributed by atoms with Crippen molar-refractivity contribution in [3.8, 4) is 0 Å². The van der Waals surface area contributed by atoms with E-state index in [-0.39, 0.29) is 11.2 Å². The van der Waals surface area contributed by atoms with E-state index >= 15 is 0 Å². The maximum atomic E-state index is 11.7. The first-order chi connectivity index (χ1) is 14.6. The second-order valence-electron chi connectivity index (χ2n) is 6.13. The highest BCUT2D eigenvalue weighted by Crippen LogP contribution is 2.61. The lowest BCUT2D eigenvalue weighted by Gasteiger charge is -2.33. The van der Waals surface area contributed by atoms with E-state index in [1.807, 2.05) is 4.98 Å². The number of aliphatic hydroxyl groups is 2. The van der Waals surface area contributed by atoms with Gasteiger partial charge in [0.2, 0.25) is 0 Å². The number of nitrogens with zero attached hydrogens (tertiary/aromatic N) is 2. The first-order valence-corrected chi connectivity index (χ1v) is 12.4. The molecule has 7 atom stereocenters. The summed E-state index contributed by atoms with van der Waals surface area (Å²) in [4.78, 5) is 72.6. The van der Waals surface area contributed by atoms with E-state index in [0.717, 1.165) is 10.9 Å². The lowest BCUT2D eigenvalue weighted by Crippen LogP contribution is -2.34. The summed E-state index contributed by atoms with van der Waals surface area (Å²) in [6.07, 6.45) is -5.78. The fourth-order valence-corrected chi connectivity index (χ4v) is 5.59. The van der Waals surface area contributed by atoms with Gasteiger partial charge in [-0.05, 0) is 0 Å².